The summed E-state index contributed by atoms with van der Waals surface area (Å²) in [7, 11) is -4.09. The number of amides is 2. The zero-order valence-electron chi connectivity index (χ0n) is 20.2. The molecule has 2 atom stereocenters. The Morgan fingerprint density at radius 2 is 1.77 bits per heavy atom. The lowest BCUT2D eigenvalue weighted by molar-refractivity contribution is -0.134. The molecule has 0 saturated carbocycles. The first-order valence-electron chi connectivity index (χ1n) is 12.7. The summed E-state index contributed by atoms with van der Waals surface area (Å²) in [5.74, 6) is -0.974. The molecular formula is C27H33N3O4S. The Bertz CT molecular complexity index is 1270. The minimum atomic E-state index is -4.09. The molecule has 2 fully saturated rings. The number of benzene rings is 2. The van der Waals surface area contributed by atoms with Crippen LogP contribution in [0, 0.1) is 5.92 Å². The zero-order valence-corrected chi connectivity index (χ0v) is 21.0. The number of hydrogen-bond donors (Lipinski definition) is 0. The molecule has 0 aromatic heterocycles. The van der Waals surface area contributed by atoms with Crippen LogP contribution in [0.3, 0.4) is 0 Å². The van der Waals surface area contributed by atoms with Gasteiger partial charge >= 0.3 is 0 Å². The second-order valence-electron chi connectivity index (χ2n) is 9.78. The van der Waals surface area contributed by atoms with Gasteiger partial charge in [0, 0.05) is 19.5 Å². The first-order chi connectivity index (χ1) is 16.9. The fourth-order valence-corrected chi connectivity index (χ4v) is 7.30. The van der Waals surface area contributed by atoms with Crippen LogP contribution in [0.2, 0.25) is 0 Å². The zero-order chi connectivity index (χ0) is 24.6. The van der Waals surface area contributed by atoms with Gasteiger partial charge in [0.15, 0.2) is 0 Å². The van der Waals surface area contributed by atoms with Crippen LogP contribution in [0.4, 0.5) is 0 Å². The fraction of sp³-hybridized carbons (Fsp3) is 0.481. The van der Waals surface area contributed by atoms with E-state index in [4.69, 9.17) is 0 Å². The van der Waals surface area contributed by atoms with Crippen molar-refractivity contribution in [1.82, 2.24) is 14.1 Å². The molecule has 0 aliphatic carbocycles. The number of carbonyl (C=O) groups excluding carboxylic acids is 2. The maximum atomic E-state index is 13.7. The van der Waals surface area contributed by atoms with Gasteiger partial charge in [0.2, 0.25) is 11.8 Å². The first-order valence-corrected chi connectivity index (χ1v) is 14.2. The van der Waals surface area contributed by atoms with E-state index in [1.807, 2.05) is 31.2 Å². The molecule has 5 rings (SSSR count). The van der Waals surface area contributed by atoms with E-state index in [2.05, 4.69) is 4.90 Å². The van der Waals surface area contributed by atoms with Gasteiger partial charge in [-0.3, -0.25) is 9.59 Å². The van der Waals surface area contributed by atoms with E-state index in [1.165, 1.54) is 19.3 Å². The molecule has 2 saturated heterocycles. The van der Waals surface area contributed by atoms with Gasteiger partial charge in [-0.05, 0) is 61.3 Å². The lowest BCUT2D eigenvalue weighted by atomic mass is 9.96. The SMILES string of the molecule is CCC[C@@H]1C(=O)N(S(=O)(=O)c2ccc3ccccc3c2)C2=CCN(C(=O)CCN3CCCCC3)[C@H]21. The van der Waals surface area contributed by atoms with Gasteiger partial charge in [-0.2, -0.15) is 0 Å². The van der Waals surface area contributed by atoms with E-state index >= 15 is 0 Å². The number of rotatable bonds is 7. The van der Waals surface area contributed by atoms with Crippen molar-refractivity contribution >= 4 is 32.6 Å². The summed E-state index contributed by atoms with van der Waals surface area (Å²) in [6, 6.07) is 12.0. The number of likely N-dealkylation sites (tertiary alicyclic amines) is 1. The fourth-order valence-electron chi connectivity index (χ4n) is 5.75. The molecule has 0 unspecified atom stereocenters. The molecule has 0 bridgehead atoms. The van der Waals surface area contributed by atoms with Gasteiger partial charge in [0.05, 0.1) is 22.6 Å². The molecule has 186 valence electrons. The van der Waals surface area contributed by atoms with Crippen LogP contribution in [0.5, 0.6) is 0 Å². The Morgan fingerprint density at radius 1 is 1.03 bits per heavy atom. The van der Waals surface area contributed by atoms with Crippen molar-refractivity contribution in [2.75, 3.05) is 26.2 Å². The van der Waals surface area contributed by atoms with Gasteiger partial charge in [-0.15, -0.1) is 0 Å². The molecule has 3 aliphatic heterocycles. The number of carbonyl (C=O) groups is 2. The number of sulfonamides is 1. The molecule has 0 N–H and O–H groups in total. The molecule has 35 heavy (non-hydrogen) atoms. The molecular weight excluding hydrogens is 462 g/mol. The monoisotopic (exact) mass is 495 g/mol. The van der Waals surface area contributed by atoms with E-state index in [-0.39, 0.29) is 10.8 Å². The van der Waals surface area contributed by atoms with Crippen molar-refractivity contribution < 1.29 is 18.0 Å². The van der Waals surface area contributed by atoms with Gasteiger partial charge in [-0.1, -0.05) is 50.1 Å². The van der Waals surface area contributed by atoms with Gasteiger partial charge < -0.3 is 9.80 Å². The van der Waals surface area contributed by atoms with Crippen LogP contribution >= 0.6 is 0 Å². The van der Waals surface area contributed by atoms with Crippen molar-refractivity contribution in [3.63, 3.8) is 0 Å². The summed E-state index contributed by atoms with van der Waals surface area (Å²) in [5, 5.41) is 1.74. The van der Waals surface area contributed by atoms with Crippen LogP contribution < -0.4 is 0 Å². The van der Waals surface area contributed by atoms with Crippen LogP contribution in [0.1, 0.15) is 45.4 Å². The Labute approximate surface area is 207 Å². The van der Waals surface area contributed by atoms with Gasteiger partial charge in [0.25, 0.3) is 10.0 Å². The average Bonchev–Trinajstić information content (AvgIpc) is 3.41. The van der Waals surface area contributed by atoms with E-state index < -0.39 is 27.9 Å². The average molecular weight is 496 g/mol. The summed E-state index contributed by atoms with van der Waals surface area (Å²) in [6.45, 7) is 5.08. The third kappa shape index (κ3) is 4.38. The third-order valence-electron chi connectivity index (χ3n) is 7.54. The lowest BCUT2D eigenvalue weighted by Gasteiger charge is -2.30. The van der Waals surface area contributed by atoms with Gasteiger partial charge in [0.1, 0.15) is 0 Å². The van der Waals surface area contributed by atoms with Crippen LogP contribution in [-0.2, 0) is 19.6 Å². The minimum absolute atomic E-state index is 0.00863. The van der Waals surface area contributed by atoms with E-state index in [9.17, 15) is 18.0 Å². The quantitative estimate of drug-likeness (QED) is 0.585. The standard InChI is InChI=1S/C27H33N3O4S/c1-2-8-23-26-24(13-18-29(26)25(31)14-17-28-15-6-3-7-16-28)30(27(23)32)35(33,34)22-12-11-20-9-4-5-10-21(20)19-22/h4-5,9-13,19,23,26H,2-3,6-8,14-18H2,1H3/t23-,26-/m0/s1. The summed E-state index contributed by atoms with van der Waals surface area (Å²) in [5.41, 5.74) is 0.438. The highest BCUT2D eigenvalue weighted by atomic mass is 32.2. The molecule has 2 aromatic carbocycles. The molecule has 2 amide bonds. The molecule has 3 heterocycles. The van der Waals surface area contributed by atoms with Crippen molar-refractivity contribution in [1.29, 1.82) is 0 Å². The molecule has 3 aliphatic rings. The maximum Gasteiger partial charge on any atom is 0.270 e. The number of nitrogens with zero attached hydrogens (tertiary/aromatic N) is 3. The Kier molecular flexibility index (Phi) is 6.68. The van der Waals surface area contributed by atoms with Gasteiger partial charge in [-0.25, -0.2) is 12.7 Å². The Morgan fingerprint density at radius 3 is 2.51 bits per heavy atom. The third-order valence-corrected chi connectivity index (χ3v) is 9.26. The van der Waals surface area contributed by atoms with Crippen molar-refractivity contribution in [3.8, 4) is 0 Å². The lowest BCUT2D eigenvalue weighted by Crippen LogP contribution is -2.42. The molecule has 0 radical (unpaired) electrons. The number of piperidine rings is 1. The maximum absolute atomic E-state index is 13.7. The normalized spacial score (nSPS) is 23.1. The highest BCUT2D eigenvalue weighted by Crippen LogP contribution is 2.42. The van der Waals surface area contributed by atoms with Crippen molar-refractivity contribution in [3.05, 3.63) is 54.2 Å². The first kappa shape index (κ1) is 24.0. The molecule has 8 heteroatoms. The van der Waals surface area contributed by atoms with Crippen LogP contribution in [0.25, 0.3) is 10.8 Å². The van der Waals surface area contributed by atoms with E-state index in [0.29, 0.717) is 31.6 Å². The summed E-state index contributed by atoms with van der Waals surface area (Å²) >= 11 is 0. The smallest absolute Gasteiger partial charge is 0.270 e. The predicted molar refractivity (Wildman–Crippen MR) is 135 cm³/mol. The molecule has 2 aromatic rings. The summed E-state index contributed by atoms with van der Waals surface area (Å²) in [4.78, 5) is 30.9. The second kappa shape index (κ2) is 9.74. The minimum Gasteiger partial charge on any atom is -0.329 e. The van der Waals surface area contributed by atoms with E-state index in [0.717, 1.165) is 34.6 Å². The predicted octanol–water partition coefficient (Wildman–Crippen LogP) is 3.76. The van der Waals surface area contributed by atoms with Crippen molar-refractivity contribution in [2.24, 2.45) is 5.92 Å². The summed E-state index contributed by atoms with van der Waals surface area (Å²) in [6.07, 6.45) is 7.01. The Hall–Kier alpha value is -2.71. The van der Waals surface area contributed by atoms with Crippen LogP contribution in [0.15, 0.2) is 59.1 Å². The van der Waals surface area contributed by atoms with Crippen molar-refractivity contribution in [2.45, 2.75) is 56.4 Å². The summed E-state index contributed by atoms with van der Waals surface area (Å²) < 4.78 is 28.5. The Balaban J connectivity index is 1.41. The largest absolute Gasteiger partial charge is 0.329 e. The number of fused-ring (bicyclic) bond motifs is 2. The molecule has 7 nitrogen and oxygen atoms in total. The second-order valence-corrected chi connectivity index (χ2v) is 11.6. The highest BCUT2D eigenvalue weighted by Gasteiger charge is 2.54. The number of hydrogen-bond acceptors (Lipinski definition) is 5. The molecule has 0 spiro atoms. The highest BCUT2D eigenvalue weighted by molar-refractivity contribution is 7.89. The van der Waals surface area contributed by atoms with Crippen LogP contribution in [-0.4, -0.2) is 66.6 Å². The van der Waals surface area contributed by atoms with E-state index in [1.54, 1.807) is 29.2 Å². The topological polar surface area (TPSA) is 78.0 Å².